The summed E-state index contributed by atoms with van der Waals surface area (Å²) >= 11 is 0. The van der Waals surface area contributed by atoms with Crippen molar-refractivity contribution < 1.29 is 17.5 Å². The molecule has 1 atom stereocenters. The van der Waals surface area contributed by atoms with Gasteiger partial charge in [-0.25, -0.2) is 12.8 Å². The number of hydrogen-bond donors (Lipinski definition) is 1. The average molecular weight is 323 g/mol. The van der Waals surface area contributed by atoms with Gasteiger partial charge in [0.2, 0.25) is 10.0 Å². The summed E-state index contributed by atoms with van der Waals surface area (Å²) in [7, 11) is -2.22. The third kappa shape index (κ3) is 4.21. The van der Waals surface area contributed by atoms with E-state index in [1.807, 2.05) is 37.3 Å². The minimum absolute atomic E-state index is 0.0700. The summed E-state index contributed by atoms with van der Waals surface area (Å²) in [6.07, 6.45) is 0. The van der Waals surface area contributed by atoms with E-state index in [-0.39, 0.29) is 23.1 Å². The summed E-state index contributed by atoms with van der Waals surface area (Å²) in [4.78, 5) is 0. The van der Waals surface area contributed by atoms with E-state index in [1.54, 1.807) is 0 Å². The monoisotopic (exact) mass is 323 g/mol. The van der Waals surface area contributed by atoms with E-state index in [4.69, 9.17) is 4.74 Å². The molecule has 0 spiro atoms. The molecule has 6 heteroatoms. The molecule has 0 fully saturated rings. The predicted octanol–water partition coefficient (Wildman–Crippen LogP) is 3.38. The van der Waals surface area contributed by atoms with Crippen LogP contribution in [0, 0.1) is 5.82 Å². The molecule has 2 aromatic carbocycles. The Hall–Kier alpha value is -2.08. The average Bonchev–Trinajstić information content (AvgIpc) is 2.47. The lowest BCUT2D eigenvalue weighted by Crippen LogP contribution is -2.20. The molecule has 0 aliphatic carbocycles. The molecule has 0 aromatic heterocycles. The third-order valence-electron chi connectivity index (χ3n) is 3.26. The van der Waals surface area contributed by atoms with Crippen molar-refractivity contribution in [3.05, 3.63) is 59.9 Å². The van der Waals surface area contributed by atoms with Gasteiger partial charge in [-0.2, -0.15) is 0 Å². The SMILES string of the molecule is COc1ccc(NS(=O)(=O)CC(C)c2ccccc2)cc1F. The molecule has 0 radical (unpaired) electrons. The van der Waals surface area contributed by atoms with Crippen molar-refractivity contribution in [1.82, 2.24) is 0 Å². The number of sulfonamides is 1. The van der Waals surface area contributed by atoms with Crippen molar-refractivity contribution in [2.45, 2.75) is 12.8 Å². The number of methoxy groups -OCH3 is 1. The van der Waals surface area contributed by atoms with Gasteiger partial charge in [0.25, 0.3) is 0 Å². The fourth-order valence-electron chi connectivity index (χ4n) is 2.16. The molecule has 22 heavy (non-hydrogen) atoms. The number of anilines is 1. The van der Waals surface area contributed by atoms with E-state index >= 15 is 0 Å². The van der Waals surface area contributed by atoms with Crippen LogP contribution in [0.3, 0.4) is 0 Å². The van der Waals surface area contributed by atoms with Crippen LogP contribution in [0.15, 0.2) is 48.5 Å². The minimum atomic E-state index is -3.58. The topological polar surface area (TPSA) is 55.4 Å². The highest BCUT2D eigenvalue weighted by Gasteiger charge is 2.17. The van der Waals surface area contributed by atoms with Crippen LogP contribution in [0.4, 0.5) is 10.1 Å². The van der Waals surface area contributed by atoms with Gasteiger partial charge in [-0.15, -0.1) is 0 Å². The fraction of sp³-hybridized carbons (Fsp3) is 0.250. The van der Waals surface area contributed by atoms with Crippen LogP contribution < -0.4 is 9.46 Å². The second-order valence-electron chi connectivity index (χ2n) is 5.04. The zero-order valence-electron chi connectivity index (χ0n) is 12.4. The Bertz CT molecular complexity index is 732. The first-order valence-corrected chi connectivity index (χ1v) is 8.45. The van der Waals surface area contributed by atoms with Crippen LogP contribution in [0.2, 0.25) is 0 Å². The van der Waals surface area contributed by atoms with E-state index in [0.717, 1.165) is 11.6 Å². The van der Waals surface area contributed by atoms with Crippen molar-refractivity contribution in [3.63, 3.8) is 0 Å². The summed E-state index contributed by atoms with van der Waals surface area (Å²) in [5.74, 6) is -0.786. The maximum atomic E-state index is 13.6. The first kappa shape index (κ1) is 16.3. The van der Waals surface area contributed by atoms with Crippen LogP contribution >= 0.6 is 0 Å². The molecule has 0 amide bonds. The summed E-state index contributed by atoms with van der Waals surface area (Å²) in [5.41, 5.74) is 1.12. The Kier molecular flexibility index (Phi) is 5.03. The van der Waals surface area contributed by atoms with E-state index < -0.39 is 15.8 Å². The van der Waals surface area contributed by atoms with Crippen LogP contribution in [-0.2, 0) is 10.0 Å². The smallest absolute Gasteiger partial charge is 0.233 e. The molecule has 2 rings (SSSR count). The highest BCUT2D eigenvalue weighted by Crippen LogP contribution is 2.23. The lowest BCUT2D eigenvalue weighted by Gasteiger charge is -2.14. The Labute approximate surface area is 130 Å². The Morgan fingerprint density at radius 3 is 2.45 bits per heavy atom. The Morgan fingerprint density at radius 2 is 1.86 bits per heavy atom. The normalized spacial score (nSPS) is 12.7. The second kappa shape index (κ2) is 6.79. The van der Waals surface area contributed by atoms with E-state index in [0.29, 0.717) is 0 Å². The van der Waals surface area contributed by atoms with Crippen LogP contribution in [0.1, 0.15) is 18.4 Å². The second-order valence-corrected chi connectivity index (χ2v) is 6.81. The zero-order chi connectivity index (χ0) is 16.2. The summed E-state index contributed by atoms with van der Waals surface area (Å²) in [5, 5.41) is 0. The van der Waals surface area contributed by atoms with Crippen molar-refractivity contribution in [1.29, 1.82) is 0 Å². The van der Waals surface area contributed by atoms with E-state index in [1.165, 1.54) is 19.2 Å². The number of benzene rings is 2. The zero-order valence-corrected chi connectivity index (χ0v) is 13.2. The number of ether oxygens (including phenoxy) is 1. The van der Waals surface area contributed by atoms with Gasteiger partial charge in [0.15, 0.2) is 11.6 Å². The van der Waals surface area contributed by atoms with E-state index in [9.17, 15) is 12.8 Å². The maximum absolute atomic E-state index is 13.6. The molecule has 1 unspecified atom stereocenters. The lowest BCUT2D eigenvalue weighted by atomic mass is 10.0. The van der Waals surface area contributed by atoms with Gasteiger partial charge in [-0.1, -0.05) is 37.3 Å². The number of nitrogens with one attached hydrogen (secondary N) is 1. The molecule has 0 aliphatic rings. The Morgan fingerprint density at radius 1 is 1.18 bits per heavy atom. The lowest BCUT2D eigenvalue weighted by molar-refractivity contribution is 0.386. The van der Waals surface area contributed by atoms with Crippen LogP contribution in [0.5, 0.6) is 5.75 Å². The maximum Gasteiger partial charge on any atom is 0.233 e. The minimum Gasteiger partial charge on any atom is -0.494 e. The molecule has 0 aliphatic heterocycles. The van der Waals surface area contributed by atoms with Crippen LogP contribution in [-0.4, -0.2) is 21.3 Å². The molecule has 0 heterocycles. The first-order valence-electron chi connectivity index (χ1n) is 6.80. The van der Waals surface area contributed by atoms with Gasteiger partial charge in [0.05, 0.1) is 18.6 Å². The Balaban J connectivity index is 2.09. The molecule has 0 saturated heterocycles. The molecule has 0 saturated carbocycles. The molecular formula is C16H18FNO3S. The number of halogens is 1. The van der Waals surface area contributed by atoms with Gasteiger partial charge in [-0.3, -0.25) is 4.72 Å². The summed E-state index contributed by atoms with van der Waals surface area (Å²) in [6.45, 7) is 1.84. The van der Waals surface area contributed by atoms with Gasteiger partial charge in [-0.05, 0) is 23.6 Å². The van der Waals surface area contributed by atoms with Crippen molar-refractivity contribution in [2.75, 3.05) is 17.6 Å². The van der Waals surface area contributed by atoms with Gasteiger partial charge >= 0.3 is 0 Å². The predicted molar refractivity (Wildman–Crippen MR) is 85.2 cm³/mol. The summed E-state index contributed by atoms with van der Waals surface area (Å²) in [6, 6.07) is 13.3. The van der Waals surface area contributed by atoms with Crippen molar-refractivity contribution in [2.24, 2.45) is 0 Å². The molecule has 2 aromatic rings. The number of hydrogen-bond acceptors (Lipinski definition) is 3. The van der Waals surface area contributed by atoms with Gasteiger partial charge in [0.1, 0.15) is 0 Å². The fourth-order valence-corrected chi connectivity index (χ4v) is 3.58. The molecular weight excluding hydrogens is 305 g/mol. The summed E-state index contributed by atoms with van der Waals surface area (Å²) < 4.78 is 45.2. The van der Waals surface area contributed by atoms with Gasteiger partial charge < -0.3 is 4.74 Å². The highest BCUT2D eigenvalue weighted by atomic mass is 32.2. The largest absolute Gasteiger partial charge is 0.494 e. The molecule has 4 nitrogen and oxygen atoms in total. The first-order chi connectivity index (χ1) is 10.4. The van der Waals surface area contributed by atoms with Crippen molar-refractivity contribution in [3.8, 4) is 5.75 Å². The number of rotatable bonds is 6. The quantitative estimate of drug-likeness (QED) is 0.886. The molecule has 118 valence electrons. The molecule has 0 bridgehead atoms. The third-order valence-corrected chi connectivity index (χ3v) is 4.75. The highest BCUT2D eigenvalue weighted by molar-refractivity contribution is 7.92. The standard InChI is InChI=1S/C16H18FNO3S/c1-12(13-6-4-3-5-7-13)11-22(19,20)18-14-8-9-16(21-2)15(17)10-14/h3-10,12,18H,11H2,1-2H3. The van der Waals surface area contributed by atoms with E-state index in [2.05, 4.69) is 4.72 Å². The van der Waals surface area contributed by atoms with Crippen LogP contribution in [0.25, 0.3) is 0 Å². The van der Waals surface area contributed by atoms with Gasteiger partial charge in [0, 0.05) is 6.07 Å². The van der Waals surface area contributed by atoms with Crippen molar-refractivity contribution >= 4 is 15.7 Å². The molecule has 1 N–H and O–H groups in total.